The van der Waals surface area contributed by atoms with Crippen LogP contribution in [0.25, 0.3) is 0 Å². The van der Waals surface area contributed by atoms with Crippen LogP contribution in [-0.2, 0) is 4.74 Å². The van der Waals surface area contributed by atoms with Gasteiger partial charge in [0, 0.05) is 19.2 Å². The number of likely N-dealkylation sites (tertiary alicyclic amines) is 1. The van der Waals surface area contributed by atoms with Gasteiger partial charge in [0.15, 0.2) is 0 Å². The van der Waals surface area contributed by atoms with Crippen molar-refractivity contribution in [3.8, 4) is 5.75 Å². The Morgan fingerprint density at radius 1 is 1.35 bits per heavy atom. The van der Waals surface area contributed by atoms with Crippen molar-refractivity contribution in [3.05, 3.63) is 29.3 Å². The summed E-state index contributed by atoms with van der Waals surface area (Å²) in [5.74, 6) is 0.767. The SMILES string of the molecule is COc1ccc(C(=O)N2CC[C@]3(OC)CCC(O)CC23)c(C)c1. The second-order valence-electron chi connectivity index (χ2n) is 6.64. The van der Waals surface area contributed by atoms with Gasteiger partial charge in [-0.2, -0.15) is 0 Å². The smallest absolute Gasteiger partial charge is 0.254 e. The summed E-state index contributed by atoms with van der Waals surface area (Å²) in [5.41, 5.74) is 1.30. The number of carbonyl (C=O) groups is 1. The molecule has 1 aliphatic carbocycles. The van der Waals surface area contributed by atoms with Crippen LogP contribution >= 0.6 is 0 Å². The van der Waals surface area contributed by atoms with Gasteiger partial charge in [-0.25, -0.2) is 0 Å². The van der Waals surface area contributed by atoms with Crippen molar-refractivity contribution < 1.29 is 19.4 Å². The summed E-state index contributed by atoms with van der Waals surface area (Å²) in [6, 6.07) is 5.46. The number of amides is 1. The molecule has 5 nitrogen and oxygen atoms in total. The molecule has 1 amide bonds. The third kappa shape index (κ3) is 2.72. The van der Waals surface area contributed by atoms with E-state index in [2.05, 4.69) is 0 Å². The lowest BCUT2D eigenvalue weighted by molar-refractivity contribution is -0.0824. The van der Waals surface area contributed by atoms with Crippen LogP contribution in [0.3, 0.4) is 0 Å². The Balaban J connectivity index is 1.88. The van der Waals surface area contributed by atoms with E-state index in [1.165, 1.54) is 0 Å². The number of hydrogen-bond acceptors (Lipinski definition) is 4. The monoisotopic (exact) mass is 319 g/mol. The number of benzene rings is 1. The fourth-order valence-corrected chi connectivity index (χ4v) is 4.08. The number of aliphatic hydroxyl groups is 1. The molecule has 1 aromatic carbocycles. The predicted molar refractivity (Wildman–Crippen MR) is 86.8 cm³/mol. The Labute approximate surface area is 137 Å². The molecule has 2 fully saturated rings. The first-order chi connectivity index (χ1) is 11.0. The van der Waals surface area contributed by atoms with E-state index in [9.17, 15) is 9.90 Å². The molecular weight excluding hydrogens is 294 g/mol. The van der Waals surface area contributed by atoms with Crippen molar-refractivity contribution in [2.24, 2.45) is 0 Å². The van der Waals surface area contributed by atoms with Crippen LogP contribution in [0.5, 0.6) is 5.75 Å². The number of ether oxygens (including phenoxy) is 2. The third-order valence-corrected chi connectivity index (χ3v) is 5.49. The first kappa shape index (κ1) is 16.3. The number of nitrogens with zero attached hydrogens (tertiary/aromatic N) is 1. The Hall–Kier alpha value is -1.59. The van der Waals surface area contributed by atoms with Crippen LogP contribution in [0.1, 0.15) is 41.6 Å². The minimum Gasteiger partial charge on any atom is -0.497 e. The molecule has 2 unspecified atom stereocenters. The van der Waals surface area contributed by atoms with Crippen molar-refractivity contribution in [1.82, 2.24) is 4.90 Å². The molecule has 1 saturated carbocycles. The van der Waals surface area contributed by atoms with E-state index in [1.54, 1.807) is 14.2 Å². The molecule has 3 rings (SSSR count). The molecule has 1 saturated heterocycles. The van der Waals surface area contributed by atoms with E-state index in [-0.39, 0.29) is 23.7 Å². The first-order valence-corrected chi connectivity index (χ1v) is 8.19. The number of methoxy groups -OCH3 is 2. The van der Waals surface area contributed by atoms with Crippen molar-refractivity contribution in [3.63, 3.8) is 0 Å². The maximum Gasteiger partial charge on any atom is 0.254 e. The maximum atomic E-state index is 13.0. The lowest BCUT2D eigenvalue weighted by Crippen LogP contribution is -2.52. The van der Waals surface area contributed by atoms with Gasteiger partial charge in [-0.3, -0.25) is 4.79 Å². The van der Waals surface area contributed by atoms with Crippen LogP contribution in [-0.4, -0.2) is 54.4 Å². The molecule has 0 bridgehead atoms. The molecule has 5 heteroatoms. The third-order valence-electron chi connectivity index (χ3n) is 5.49. The van der Waals surface area contributed by atoms with Gasteiger partial charge in [-0.1, -0.05) is 0 Å². The molecule has 3 atom stereocenters. The minimum absolute atomic E-state index is 0.0168. The lowest BCUT2D eigenvalue weighted by Gasteiger charge is -2.42. The van der Waals surface area contributed by atoms with Gasteiger partial charge >= 0.3 is 0 Å². The Bertz CT molecular complexity index is 603. The summed E-state index contributed by atoms with van der Waals surface area (Å²) in [6.07, 6.45) is 2.62. The topological polar surface area (TPSA) is 59.0 Å². The van der Waals surface area contributed by atoms with Gasteiger partial charge in [-0.15, -0.1) is 0 Å². The summed E-state index contributed by atoms with van der Waals surface area (Å²) in [4.78, 5) is 14.9. The zero-order chi connectivity index (χ0) is 16.6. The minimum atomic E-state index is -0.353. The number of aryl methyl sites for hydroxylation is 1. The molecule has 1 heterocycles. The van der Waals surface area contributed by atoms with E-state index in [4.69, 9.17) is 9.47 Å². The van der Waals surface area contributed by atoms with E-state index in [0.717, 1.165) is 30.6 Å². The highest BCUT2D eigenvalue weighted by Crippen LogP contribution is 2.43. The van der Waals surface area contributed by atoms with Crippen LogP contribution in [0.2, 0.25) is 0 Å². The highest BCUT2D eigenvalue weighted by Gasteiger charge is 2.52. The molecular formula is C18H25NO4. The number of fused-ring (bicyclic) bond motifs is 1. The Morgan fingerprint density at radius 3 is 2.78 bits per heavy atom. The second kappa shape index (κ2) is 6.13. The number of hydrogen-bond donors (Lipinski definition) is 1. The molecule has 0 spiro atoms. The van der Waals surface area contributed by atoms with E-state index in [0.29, 0.717) is 18.5 Å². The largest absolute Gasteiger partial charge is 0.497 e. The Morgan fingerprint density at radius 2 is 2.13 bits per heavy atom. The predicted octanol–water partition coefficient (Wildman–Crippen LogP) is 2.15. The average Bonchev–Trinajstić information content (AvgIpc) is 2.93. The van der Waals surface area contributed by atoms with Gasteiger partial charge in [0.2, 0.25) is 0 Å². The maximum absolute atomic E-state index is 13.0. The van der Waals surface area contributed by atoms with E-state index >= 15 is 0 Å². The van der Waals surface area contributed by atoms with Gasteiger partial charge in [0.05, 0.1) is 24.9 Å². The standard InChI is InChI=1S/C18H25NO4/c1-12-10-14(22-2)4-5-15(12)17(21)19-9-8-18(23-3)7-6-13(20)11-16(18)19/h4-5,10,13,16,20H,6-9,11H2,1-3H3/t13?,16?,18-/m1/s1. The average molecular weight is 319 g/mol. The molecule has 0 radical (unpaired) electrons. The molecule has 1 N–H and O–H groups in total. The van der Waals surface area contributed by atoms with Crippen LogP contribution in [0.4, 0.5) is 0 Å². The first-order valence-electron chi connectivity index (χ1n) is 8.19. The zero-order valence-electron chi connectivity index (χ0n) is 14.0. The van der Waals surface area contributed by atoms with Gasteiger partial charge in [-0.05, 0) is 56.4 Å². The number of carbonyl (C=O) groups excluding carboxylic acids is 1. The van der Waals surface area contributed by atoms with Gasteiger partial charge in [0.1, 0.15) is 5.75 Å². The van der Waals surface area contributed by atoms with Crippen molar-refractivity contribution in [1.29, 1.82) is 0 Å². The molecule has 2 aliphatic rings. The summed E-state index contributed by atoms with van der Waals surface area (Å²) < 4.78 is 11.0. The quantitative estimate of drug-likeness (QED) is 0.927. The highest BCUT2D eigenvalue weighted by molar-refractivity contribution is 5.96. The normalized spacial score (nSPS) is 30.2. The molecule has 23 heavy (non-hydrogen) atoms. The van der Waals surface area contributed by atoms with Crippen LogP contribution in [0.15, 0.2) is 18.2 Å². The number of aliphatic hydroxyl groups excluding tert-OH is 1. The number of rotatable bonds is 3. The molecule has 126 valence electrons. The van der Waals surface area contributed by atoms with Crippen LogP contribution < -0.4 is 4.74 Å². The van der Waals surface area contributed by atoms with E-state index < -0.39 is 0 Å². The van der Waals surface area contributed by atoms with E-state index in [1.807, 2.05) is 30.0 Å². The fraction of sp³-hybridized carbons (Fsp3) is 0.611. The second-order valence-corrected chi connectivity index (χ2v) is 6.64. The van der Waals surface area contributed by atoms with Crippen LogP contribution in [0, 0.1) is 6.92 Å². The zero-order valence-corrected chi connectivity index (χ0v) is 14.0. The van der Waals surface area contributed by atoms with Crippen molar-refractivity contribution in [2.45, 2.75) is 50.4 Å². The summed E-state index contributed by atoms with van der Waals surface area (Å²) in [7, 11) is 3.34. The Kier molecular flexibility index (Phi) is 4.34. The van der Waals surface area contributed by atoms with Gasteiger partial charge in [0.25, 0.3) is 5.91 Å². The molecule has 0 aromatic heterocycles. The molecule has 1 aliphatic heterocycles. The van der Waals surface area contributed by atoms with Crippen molar-refractivity contribution >= 4 is 5.91 Å². The summed E-state index contributed by atoms with van der Waals surface area (Å²) in [5, 5.41) is 10.0. The fourth-order valence-electron chi connectivity index (χ4n) is 4.08. The summed E-state index contributed by atoms with van der Waals surface area (Å²) in [6.45, 7) is 2.60. The summed E-state index contributed by atoms with van der Waals surface area (Å²) >= 11 is 0. The highest BCUT2D eigenvalue weighted by atomic mass is 16.5. The van der Waals surface area contributed by atoms with Crippen molar-refractivity contribution in [2.75, 3.05) is 20.8 Å². The molecule has 1 aromatic rings. The lowest BCUT2D eigenvalue weighted by atomic mass is 9.79. The van der Waals surface area contributed by atoms with Gasteiger partial charge < -0.3 is 19.5 Å².